The molecule has 92 valence electrons. The van der Waals surface area contributed by atoms with Crippen LogP contribution in [0.1, 0.15) is 5.56 Å². The number of likely N-dealkylation sites (N-methyl/N-ethyl adjacent to an activating group) is 1. The normalized spacial score (nSPS) is 12.2. The maximum Gasteiger partial charge on any atom is 0.143 e. The molecule has 0 aliphatic rings. The predicted octanol–water partition coefficient (Wildman–Crippen LogP) is 1.03. The Balaban J connectivity index is 2.64. The molecule has 17 heavy (non-hydrogen) atoms. The highest BCUT2D eigenvalue weighted by atomic mass is 19.1. The highest BCUT2D eigenvalue weighted by molar-refractivity contribution is 5.57. The van der Waals surface area contributed by atoms with Gasteiger partial charge in [-0.15, -0.1) is 0 Å². The van der Waals surface area contributed by atoms with Crippen LogP contribution in [0.15, 0.2) is 18.2 Å². The average molecular weight is 237 g/mol. The summed E-state index contributed by atoms with van der Waals surface area (Å²) in [6.45, 7) is 0.778. The Morgan fingerprint density at radius 2 is 2.24 bits per heavy atom. The van der Waals surface area contributed by atoms with E-state index in [1.165, 1.54) is 12.1 Å². The molecule has 0 heterocycles. The lowest BCUT2D eigenvalue weighted by Crippen LogP contribution is -2.31. The van der Waals surface area contributed by atoms with Crippen LogP contribution in [0.2, 0.25) is 0 Å². The van der Waals surface area contributed by atoms with E-state index in [0.29, 0.717) is 12.2 Å². The van der Waals surface area contributed by atoms with Crippen LogP contribution in [0, 0.1) is 17.1 Å². The summed E-state index contributed by atoms with van der Waals surface area (Å²) in [5.74, 6) is -0.556. The number of benzene rings is 1. The smallest absolute Gasteiger partial charge is 0.143 e. The second kappa shape index (κ2) is 6.18. The molecule has 1 aromatic rings. The standard InChI is InChI=1S/C12H16FN3O/c1-16(2)8-9(17)7-15-12-5-3-4-11(13)10(12)6-14/h3-5,9,15,17H,7-8H2,1-2H3. The van der Waals surface area contributed by atoms with Crippen molar-refractivity contribution in [3.8, 4) is 6.07 Å². The number of aliphatic hydroxyl groups excluding tert-OH is 1. The Morgan fingerprint density at radius 1 is 1.53 bits per heavy atom. The molecule has 4 nitrogen and oxygen atoms in total. The molecule has 0 fully saturated rings. The summed E-state index contributed by atoms with van der Waals surface area (Å²) in [7, 11) is 3.71. The molecule has 0 aromatic heterocycles. The maximum absolute atomic E-state index is 13.3. The van der Waals surface area contributed by atoms with E-state index in [4.69, 9.17) is 5.26 Å². The molecule has 0 saturated carbocycles. The van der Waals surface area contributed by atoms with Crippen LogP contribution >= 0.6 is 0 Å². The molecule has 0 radical (unpaired) electrons. The zero-order valence-corrected chi connectivity index (χ0v) is 9.94. The maximum atomic E-state index is 13.3. The molecule has 0 amide bonds. The fraction of sp³-hybridized carbons (Fsp3) is 0.417. The Hall–Kier alpha value is -1.64. The van der Waals surface area contributed by atoms with Gasteiger partial charge in [0.05, 0.1) is 11.8 Å². The molecule has 5 heteroatoms. The first-order chi connectivity index (χ1) is 8.04. The fourth-order valence-electron chi connectivity index (χ4n) is 1.50. The van der Waals surface area contributed by atoms with Crippen molar-refractivity contribution in [2.24, 2.45) is 0 Å². The number of anilines is 1. The molecule has 1 atom stereocenters. The molecule has 0 saturated heterocycles. The van der Waals surface area contributed by atoms with Gasteiger partial charge in [0.15, 0.2) is 0 Å². The van der Waals surface area contributed by atoms with Gasteiger partial charge >= 0.3 is 0 Å². The second-order valence-electron chi connectivity index (χ2n) is 4.07. The minimum atomic E-state index is -0.570. The van der Waals surface area contributed by atoms with E-state index in [2.05, 4.69) is 5.32 Å². The lowest BCUT2D eigenvalue weighted by molar-refractivity contribution is 0.148. The third-order valence-electron chi connectivity index (χ3n) is 2.23. The van der Waals surface area contributed by atoms with E-state index < -0.39 is 11.9 Å². The lowest BCUT2D eigenvalue weighted by atomic mass is 10.2. The van der Waals surface area contributed by atoms with E-state index in [1.807, 2.05) is 19.0 Å². The zero-order chi connectivity index (χ0) is 12.8. The van der Waals surface area contributed by atoms with Crippen molar-refractivity contribution in [1.82, 2.24) is 4.90 Å². The van der Waals surface area contributed by atoms with Crippen molar-refractivity contribution in [3.05, 3.63) is 29.6 Å². The van der Waals surface area contributed by atoms with Gasteiger partial charge in [-0.05, 0) is 26.2 Å². The second-order valence-corrected chi connectivity index (χ2v) is 4.07. The van der Waals surface area contributed by atoms with E-state index >= 15 is 0 Å². The Labute approximate surface area is 100 Å². The van der Waals surface area contributed by atoms with E-state index in [9.17, 15) is 9.50 Å². The van der Waals surface area contributed by atoms with Gasteiger partial charge in [0, 0.05) is 13.1 Å². The number of nitrogens with one attached hydrogen (secondary N) is 1. The molecular weight excluding hydrogens is 221 g/mol. The third-order valence-corrected chi connectivity index (χ3v) is 2.23. The van der Waals surface area contributed by atoms with Crippen LogP contribution in [0.5, 0.6) is 0 Å². The molecule has 0 aliphatic heterocycles. The minimum Gasteiger partial charge on any atom is -0.390 e. The topological polar surface area (TPSA) is 59.3 Å². The number of aliphatic hydroxyl groups is 1. The molecule has 1 aromatic carbocycles. The highest BCUT2D eigenvalue weighted by Gasteiger charge is 2.09. The highest BCUT2D eigenvalue weighted by Crippen LogP contribution is 2.17. The van der Waals surface area contributed by atoms with Gasteiger partial charge in [-0.25, -0.2) is 4.39 Å². The first-order valence-electron chi connectivity index (χ1n) is 5.30. The van der Waals surface area contributed by atoms with Crippen molar-refractivity contribution in [2.45, 2.75) is 6.10 Å². The van der Waals surface area contributed by atoms with Crippen molar-refractivity contribution in [1.29, 1.82) is 5.26 Å². The van der Waals surface area contributed by atoms with E-state index in [-0.39, 0.29) is 12.1 Å². The Kier molecular flexibility index (Phi) is 4.88. The van der Waals surface area contributed by atoms with Crippen molar-refractivity contribution >= 4 is 5.69 Å². The van der Waals surface area contributed by atoms with Crippen molar-refractivity contribution < 1.29 is 9.50 Å². The SMILES string of the molecule is CN(C)CC(O)CNc1cccc(F)c1C#N. The number of nitrogens with zero attached hydrogens (tertiary/aromatic N) is 2. The Morgan fingerprint density at radius 3 is 2.82 bits per heavy atom. The molecule has 1 unspecified atom stereocenters. The predicted molar refractivity (Wildman–Crippen MR) is 64.2 cm³/mol. The molecule has 1 rings (SSSR count). The quantitative estimate of drug-likeness (QED) is 0.803. The first kappa shape index (κ1) is 13.4. The molecule has 2 N–H and O–H groups in total. The minimum absolute atomic E-state index is 0.0236. The van der Waals surface area contributed by atoms with Crippen molar-refractivity contribution in [3.63, 3.8) is 0 Å². The summed E-state index contributed by atoms with van der Waals surface area (Å²) in [6, 6.07) is 6.17. The van der Waals surface area contributed by atoms with Crippen LogP contribution in [-0.2, 0) is 0 Å². The number of rotatable bonds is 5. The Bertz CT molecular complexity index is 415. The zero-order valence-electron chi connectivity index (χ0n) is 9.94. The van der Waals surface area contributed by atoms with Crippen LogP contribution < -0.4 is 5.32 Å². The van der Waals surface area contributed by atoms with Gasteiger partial charge in [0.25, 0.3) is 0 Å². The summed E-state index contributed by atoms with van der Waals surface area (Å²) in [5, 5.41) is 21.3. The average Bonchev–Trinajstić information content (AvgIpc) is 2.25. The van der Waals surface area contributed by atoms with E-state index in [1.54, 1.807) is 12.1 Å². The van der Waals surface area contributed by atoms with Gasteiger partial charge in [0.2, 0.25) is 0 Å². The molecule has 0 spiro atoms. The fourth-order valence-corrected chi connectivity index (χ4v) is 1.50. The first-order valence-corrected chi connectivity index (χ1v) is 5.30. The van der Waals surface area contributed by atoms with Gasteiger partial charge in [-0.3, -0.25) is 0 Å². The molecule has 0 aliphatic carbocycles. The van der Waals surface area contributed by atoms with E-state index in [0.717, 1.165) is 0 Å². The van der Waals surface area contributed by atoms with Crippen molar-refractivity contribution in [2.75, 3.05) is 32.5 Å². The van der Waals surface area contributed by atoms with Crippen LogP contribution in [0.25, 0.3) is 0 Å². The summed E-state index contributed by atoms with van der Waals surface area (Å²) in [4.78, 5) is 1.85. The summed E-state index contributed by atoms with van der Waals surface area (Å²) < 4.78 is 13.3. The van der Waals surface area contributed by atoms with Gasteiger partial charge in [0.1, 0.15) is 17.4 Å². The molecule has 0 bridgehead atoms. The summed E-state index contributed by atoms with van der Waals surface area (Å²) in [5.41, 5.74) is 0.384. The molecular formula is C12H16FN3O. The number of halogens is 1. The monoisotopic (exact) mass is 237 g/mol. The number of hydrogen-bond donors (Lipinski definition) is 2. The van der Waals surface area contributed by atoms with Crippen LogP contribution in [-0.4, -0.2) is 43.3 Å². The third kappa shape index (κ3) is 4.02. The number of hydrogen-bond acceptors (Lipinski definition) is 4. The lowest BCUT2D eigenvalue weighted by Gasteiger charge is -2.17. The van der Waals surface area contributed by atoms with Crippen LogP contribution in [0.3, 0.4) is 0 Å². The van der Waals surface area contributed by atoms with Crippen LogP contribution in [0.4, 0.5) is 10.1 Å². The largest absolute Gasteiger partial charge is 0.390 e. The van der Waals surface area contributed by atoms with Gasteiger partial charge < -0.3 is 15.3 Å². The van der Waals surface area contributed by atoms with Gasteiger partial charge in [-0.2, -0.15) is 5.26 Å². The summed E-state index contributed by atoms with van der Waals surface area (Å²) >= 11 is 0. The number of nitriles is 1. The van der Waals surface area contributed by atoms with Gasteiger partial charge in [-0.1, -0.05) is 6.07 Å². The summed E-state index contributed by atoms with van der Waals surface area (Å²) in [6.07, 6.45) is -0.570.